The van der Waals surface area contributed by atoms with Crippen molar-refractivity contribution in [2.45, 2.75) is 31.2 Å². The van der Waals surface area contributed by atoms with Gasteiger partial charge in [0.2, 0.25) is 0 Å². The Morgan fingerprint density at radius 1 is 1.29 bits per heavy atom. The fraction of sp³-hybridized carbons (Fsp3) is 0.600. The zero-order valence-electron chi connectivity index (χ0n) is 15.8. The van der Waals surface area contributed by atoms with E-state index in [0.29, 0.717) is 57.4 Å². The normalized spacial score (nSPS) is 22.3. The first kappa shape index (κ1) is 19.5. The number of piperidine rings is 2. The third-order valence-corrected chi connectivity index (χ3v) is 6.35. The number of rotatable bonds is 3. The molecule has 2 amide bonds. The van der Waals surface area contributed by atoms with Gasteiger partial charge in [0.1, 0.15) is 17.3 Å². The topological polar surface area (TPSA) is 61.9 Å². The molecule has 4 rings (SSSR count). The molecule has 0 saturated carbocycles. The lowest BCUT2D eigenvalue weighted by molar-refractivity contribution is -0.122. The van der Waals surface area contributed by atoms with E-state index in [-0.39, 0.29) is 28.2 Å². The van der Waals surface area contributed by atoms with Crippen molar-refractivity contribution in [2.24, 2.45) is 5.92 Å². The number of carbonyl (C=O) groups is 2. The molecule has 0 aromatic heterocycles. The molecule has 1 aromatic carbocycles. The van der Waals surface area contributed by atoms with E-state index in [1.165, 1.54) is 12.1 Å². The summed E-state index contributed by atoms with van der Waals surface area (Å²) in [6, 6.07) is 4.21. The van der Waals surface area contributed by atoms with E-state index < -0.39 is 0 Å². The minimum atomic E-state index is -0.382. The third kappa shape index (κ3) is 4.10. The number of amides is 2. The summed E-state index contributed by atoms with van der Waals surface area (Å²) in [6.07, 6.45) is 3.17. The highest BCUT2D eigenvalue weighted by molar-refractivity contribution is 6.32. The monoisotopic (exact) mass is 409 g/mol. The number of ether oxygens (including phenoxy) is 1. The van der Waals surface area contributed by atoms with E-state index in [0.717, 1.165) is 19.3 Å². The van der Waals surface area contributed by atoms with Crippen molar-refractivity contribution in [1.82, 2.24) is 15.1 Å². The molecule has 3 aliphatic rings. The minimum absolute atomic E-state index is 0.0514. The number of nitrogens with one attached hydrogen (secondary N) is 1. The quantitative estimate of drug-likeness (QED) is 0.833. The number of benzene rings is 1. The summed E-state index contributed by atoms with van der Waals surface area (Å²) in [5.74, 6) is 0.707. The van der Waals surface area contributed by atoms with E-state index in [1.54, 1.807) is 6.07 Å². The molecule has 0 bridgehead atoms. The summed E-state index contributed by atoms with van der Waals surface area (Å²) < 4.78 is 18.8. The Morgan fingerprint density at radius 2 is 2.04 bits per heavy atom. The van der Waals surface area contributed by atoms with Gasteiger partial charge in [0.25, 0.3) is 0 Å². The van der Waals surface area contributed by atoms with E-state index >= 15 is 0 Å². The lowest BCUT2D eigenvalue weighted by Gasteiger charge is -2.53. The first-order valence-electron chi connectivity index (χ1n) is 9.83. The SMILES string of the molecule is O=C1CCC2(CN(C(=O)N3CCC(COc4ccc(F)cc4Cl)CC3)C2)NC1. The average Bonchev–Trinajstić information content (AvgIpc) is 2.66. The van der Waals surface area contributed by atoms with Crippen molar-refractivity contribution >= 4 is 23.4 Å². The highest BCUT2D eigenvalue weighted by Crippen LogP contribution is 2.31. The average molecular weight is 410 g/mol. The fourth-order valence-electron chi connectivity index (χ4n) is 4.22. The molecule has 3 aliphatic heterocycles. The Morgan fingerprint density at radius 3 is 2.68 bits per heavy atom. The molecule has 3 fully saturated rings. The molecule has 28 heavy (non-hydrogen) atoms. The molecule has 1 spiro atoms. The van der Waals surface area contributed by atoms with Gasteiger partial charge in [-0.2, -0.15) is 0 Å². The molecule has 6 nitrogen and oxygen atoms in total. The highest BCUT2D eigenvalue weighted by Gasteiger charge is 2.47. The Balaban J connectivity index is 1.20. The number of carbonyl (C=O) groups excluding carboxylic acids is 2. The van der Waals surface area contributed by atoms with Crippen molar-refractivity contribution < 1.29 is 18.7 Å². The molecule has 8 heteroatoms. The Bertz CT molecular complexity index is 749. The zero-order valence-corrected chi connectivity index (χ0v) is 16.5. The van der Waals surface area contributed by atoms with Gasteiger partial charge in [-0.15, -0.1) is 0 Å². The van der Waals surface area contributed by atoms with Gasteiger partial charge in [0.15, 0.2) is 0 Å². The highest BCUT2D eigenvalue weighted by atomic mass is 35.5. The maximum atomic E-state index is 13.1. The summed E-state index contributed by atoms with van der Waals surface area (Å²) in [6.45, 7) is 3.72. The zero-order chi connectivity index (χ0) is 19.7. The molecular formula is C20H25ClFN3O3. The van der Waals surface area contributed by atoms with Crippen molar-refractivity contribution in [3.8, 4) is 5.75 Å². The maximum absolute atomic E-state index is 13.1. The van der Waals surface area contributed by atoms with Crippen LogP contribution >= 0.6 is 11.6 Å². The molecule has 0 atom stereocenters. The smallest absolute Gasteiger partial charge is 0.320 e. The second kappa shape index (κ2) is 7.87. The van der Waals surface area contributed by atoms with Crippen molar-refractivity contribution in [3.05, 3.63) is 29.0 Å². The number of ketones is 1. The molecule has 1 N–H and O–H groups in total. The van der Waals surface area contributed by atoms with Gasteiger partial charge in [-0.3, -0.25) is 4.79 Å². The summed E-state index contributed by atoms with van der Waals surface area (Å²) in [4.78, 5) is 27.9. The number of Topliss-reactive ketones (excluding diaryl/α,β-unsaturated/α-hetero) is 1. The number of halogens is 2. The molecule has 3 heterocycles. The minimum Gasteiger partial charge on any atom is -0.492 e. The molecule has 0 unspecified atom stereocenters. The van der Waals surface area contributed by atoms with Gasteiger partial charge in [-0.1, -0.05) is 11.6 Å². The van der Waals surface area contributed by atoms with Gasteiger partial charge in [-0.05, 0) is 43.4 Å². The lowest BCUT2D eigenvalue weighted by Crippen LogP contribution is -2.73. The van der Waals surface area contributed by atoms with Gasteiger partial charge in [-0.25, -0.2) is 9.18 Å². The van der Waals surface area contributed by atoms with Crippen molar-refractivity contribution in [3.63, 3.8) is 0 Å². The second-order valence-corrected chi connectivity index (χ2v) is 8.53. The number of hydrogen-bond acceptors (Lipinski definition) is 4. The Hall–Kier alpha value is -1.86. The first-order chi connectivity index (χ1) is 13.4. The van der Waals surface area contributed by atoms with Crippen LogP contribution in [0.25, 0.3) is 0 Å². The van der Waals surface area contributed by atoms with E-state index in [9.17, 15) is 14.0 Å². The number of nitrogens with zero attached hydrogens (tertiary/aromatic N) is 2. The van der Waals surface area contributed by atoms with Crippen LogP contribution < -0.4 is 10.1 Å². The van der Waals surface area contributed by atoms with Crippen LogP contribution in [0.2, 0.25) is 5.02 Å². The van der Waals surface area contributed by atoms with Crippen molar-refractivity contribution in [1.29, 1.82) is 0 Å². The Kier molecular flexibility index (Phi) is 5.47. The van der Waals surface area contributed by atoms with Crippen LogP contribution in [0, 0.1) is 11.7 Å². The molecular weight excluding hydrogens is 385 g/mol. The predicted molar refractivity (Wildman–Crippen MR) is 103 cm³/mol. The summed E-state index contributed by atoms with van der Waals surface area (Å²) in [7, 11) is 0. The summed E-state index contributed by atoms with van der Waals surface area (Å²) in [5, 5.41) is 3.58. The number of likely N-dealkylation sites (tertiary alicyclic amines) is 2. The lowest BCUT2D eigenvalue weighted by atomic mass is 9.81. The van der Waals surface area contributed by atoms with E-state index in [1.807, 2.05) is 9.80 Å². The largest absolute Gasteiger partial charge is 0.492 e. The maximum Gasteiger partial charge on any atom is 0.320 e. The molecule has 0 radical (unpaired) electrons. The molecule has 1 aromatic rings. The first-order valence-corrected chi connectivity index (χ1v) is 10.2. The van der Waals surface area contributed by atoms with Crippen LogP contribution in [0.3, 0.4) is 0 Å². The molecule has 152 valence electrons. The van der Waals surface area contributed by atoms with Crippen LogP contribution in [-0.2, 0) is 4.79 Å². The van der Waals surface area contributed by atoms with Gasteiger partial charge in [0, 0.05) is 32.6 Å². The van der Waals surface area contributed by atoms with Crippen LogP contribution in [0.15, 0.2) is 18.2 Å². The summed E-state index contributed by atoms with van der Waals surface area (Å²) >= 11 is 5.99. The number of urea groups is 1. The van der Waals surface area contributed by atoms with Gasteiger partial charge >= 0.3 is 6.03 Å². The van der Waals surface area contributed by atoms with Crippen LogP contribution in [0.1, 0.15) is 25.7 Å². The van der Waals surface area contributed by atoms with Gasteiger partial charge in [0.05, 0.1) is 23.7 Å². The number of hydrogen-bond donors (Lipinski definition) is 1. The van der Waals surface area contributed by atoms with Crippen LogP contribution in [0.5, 0.6) is 5.75 Å². The summed E-state index contributed by atoms with van der Waals surface area (Å²) in [5.41, 5.74) is -0.0514. The third-order valence-electron chi connectivity index (χ3n) is 6.05. The van der Waals surface area contributed by atoms with Gasteiger partial charge < -0.3 is 19.9 Å². The predicted octanol–water partition coefficient (Wildman–Crippen LogP) is 2.70. The van der Waals surface area contributed by atoms with E-state index in [2.05, 4.69) is 5.32 Å². The fourth-order valence-corrected chi connectivity index (χ4v) is 4.44. The van der Waals surface area contributed by atoms with E-state index in [4.69, 9.17) is 16.3 Å². The second-order valence-electron chi connectivity index (χ2n) is 8.13. The van der Waals surface area contributed by atoms with Crippen molar-refractivity contribution in [2.75, 3.05) is 39.3 Å². The van der Waals surface area contributed by atoms with Crippen LogP contribution in [0.4, 0.5) is 9.18 Å². The van der Waals surface area contributed by atoms with Crippen LogP contribution in [-0.4, -0.2) is 66.5 Å². The molecule has 0 aliphatic carbocycles. The Labute approximate surface area is 168 Å². The molecule has 3 saturated heterocycles. The standard InChI is InChI=1S/C20H25ClFN3O3/c21-17-9-15(22)1-2-18(17)28-11-14-4-7-24(8-5-14)19(27)25-12-20(13-25)6-3-16(26)10-23-20/h1-2,9,14,23H,3-8,10-13H2.